The summed E-state index contributed by atoms with van der Waals surface area (Å²) in [7, 11) is 0. The van der Waals surface area contributed by atoms with E-state index < -0.39 is 6.09 Å². The SMILES string of the molecule is CCOC(=O)NCCOCCOCCNC(=O)CC[C@@H](C)C1CCC2C3C(O)CC4CC(OCCO)CCC4(C)C3CCC21C. The number of rotatable bonds is 17. The van der Waals surface area contributed by atoms with E-state index in [4.69, 9.17) is 18.9 Å². The Labute approximate surface area is 271 Å². The smallest absolute Gasteiger partial charge is 0.407 e. The lowest BCUT2D eigenvalue weighted by molar-refractivity contribution is -0.178. The Balaban J connectivity index is 1.15. The fraction of sp³-hybridized carbons (Fsp3) is 0.943. The van der Waals surface area contributed by atoms with Gasteiger partial charge >= 0.3 is 6.09 Å². The fourth-order valence-corrected chi connectivity index (χ4v) is 10.2. The zero-order valence-electron chi connectivity index (χ0n) is 28.4. The first-order valence-corrected chi connectivity index (χ1v) is 17.9. The predicted octanol–water partition coefficient (Wildman–Crippen LogP) is 4.31. The molecule has 0 radical (unpaired) electrons. The standard InChI is InChI=1S/C35H62N2O8/c1-5-44-33(41)37-15-18-43-21-20-42-17-14-36-31(40)9-6-24(2)27-7-8-28-32-29(11-13-35(27,28)4)34(3)12-10-26(45-19-16-38)22-25(34)23-30(32)39/h24-30,32,38-39H,5-23H2,1-4H3,(H,36,40)(H,37,41)/t24-,25?,26?,27?,28?,29?,30?,32?,34?,35?/m1/s1. The maximum Gasteiger partial charge on any atom is 0.407 e. The average Bonchev–Trinajstić information content (AvgIpc) is 3.37. The topological polar surface area (TPSA) is 136 Å². The zero-order valence-corrected chi connectivity index (χ0v) is 28.4. The summed E-state index contributed by atoms with van der Waals surface area (Å²) in [6, 6.07) is 0. The number of carbonyl (C=O) groups excluding carboxylic acids is 2. The van der Waals surface area contributed by atoms with Crippen LogP contribution >= 0.6 is 0 Å². The van der Waals surface area contributed by atoms with Crippen LogP contribution in [-0.4, -0.2) is 93.8 Å². The van der Waals surface area contributed by atoms with Gasteiger partial charge in [-0.15, -0.1) is 0 Å². The van der Waals surface area contributed by atoms with Gasteiger partial charge in [0, 0.05) is 19.5 Å². The molecular weight excluding hydrogens is 576 g/mol. The van der Waals surface area contributed by atoms with Gasteiger partial charge in [-0.3, -0.25) is 4.79 Å². The van der Waals surface area contributed by atoms with Gasteiger partial charge in [-0.1, -0.05) is 20.8 Å². The third-order valence-electron chi connectivity index (χ3n) is 12.4. The summed E-state index contributed by atoms with van der Waals surface area (Å²) in [6.45, 7) is 12.5. The van der Waals surface area contributed by atoms with Crippen LogP contribution in [-0.2, 0) is 23.7 Å². The van der Waals surface area contributed by atoms with Gasteiger partial charge in [0.15, 0.2) is 0 Å². The molecule has 0 heterocycles. The minimum atomic E-state index is -0.441. The second-order valence-electron chi connectivity index (χ2n) is 14.8. The summed E-state index contributed by atoms with van der Waals surface area (Å²) in [4.78, 5) is 23.8. The number of aliphatic hydroxyl groups excluding tert-OH is 2. The number of hydrogen-bond donors (Lipinski definition) is 4. The van der Waals surface area contributed by atoms with Crippen LogP contribution < -0.4 is 10.6 Å². The number of amides is 2. The third-order valence-corrected chi connectivity index (χ3v) is 12.4. The van der Waals surface area contributed by atoms with Gasteiger partial charge in [-0.2, -0.15) is 0 Å². The maximum atomic E-state index is 12.6. The van der Waals surface area contributed by atoms with E-state index >= 15 is 0 Å². The highest BCUT2D eigenvalue weighted by Gasteiger charge is 2.62. The maximum absolute atomic E-state index is 12.6. The molecule has 260 valence electrons. The minimum Gasteiger partial charge on any atom is -0.450 e. The van der Waals surface area contributed by atoms with E-state index in [0.717, 1.165) is 32.1 Å². The number of nitrogens with one attached hydrogen (secondary N) is 2. The van der Waals surface area contributed by atoms with E-state index in [9.17, 15) is 19.8 Å². The molecule has 4 N–H and O–H groups in total. The molecule has 4 saturated carbocycles. The van der Waals surface area contributed by atoms with Crippen molar-refractivity contribution < 1.29 is 38.7 Å². The lowest BCUT2D eigenvalue weighted by atomic mass is 9.43. The van der Waals surface area contributed by atoms with E-state index in [0.29, 0.717) is 94.7 Å². The minimum absolute atomic E-state index is 0.0729. The number of hydrogen-bond acceptors (Lipinski definition) is 8. The van der Waals surface area contributed by atoms with Crippen LogP contribution in [0.4, 0.5) is 4.79 Å². The highest BCUT2D eigenvalue weighted by atomic mass is 16.5. The number of ether oxygens (including phenoxy) is 4. The van der Waals surface area contributed by atoms with Crippen molar-refractivity contribution in [2.75, 3.05) is 59.3 Å². The van der Waals surface area contributed by atoms with Crippen molar-refractivity contribution in [3.63, 3.8) is 0 Å². The Bertz CT molecular complexity index is 937. The number of fused-ring (bicyclic) bond motifs is 5. The normalized spacial score (nSPS) is 36.4. The van der Waals surface area contributed by atoms with Gasteiger partial charge in [0.1, 0.15) is 0 Å². The van der Waals surface area contributed by atoms with Crippen LogP contribution in [0.15, 0.2) is 0 Å². The highest BCUT2D eigenvalue weighted by Crippen LogP contribution is 2.68. The number of alkyl carbamates (subject to hydrolysis) is 1. The van der Waals surface area contributed by atoms with Gasteiger partial charge in [-0.25, -0.2) is 4.79 Å². The predicted molar refractivity (Wildman–Crippen MR) is 172 cm³/mol. The molecule has 0 saturated heterocycles. The van der Waals surface area contributed by atoms with E-state index in [1.165, 1.54) is 25.7 Å². The van der Waals surface area contributed by atoms with Crippen molar-refractivity contribution in [3.05, 3.63) is 0 Å². The van der Waals surface area contributed by atoms with Gasteiger partial charge in [0.05, 0.1) is 58.5 Å². The van der Waals surface area contributed by atoms with E-state index in [-0.39, 0.29) is 35.6 Å². The monoisotopic (exact) mass is 638 g/mol. The van der Waals surface area contributed by atoms with Crippen LogP contribution in [0, 0.1) is 46.3 Å². The molecule has 0 aromatic carbocycles. The van der Waals surface area contributed by atoms with E-state index in [1.54, 1.807) is 6.92 Å². The summed E-state index contributed by atoms with van der Waals surface area (Å²) in [6.07, 6.45) is 9.89. The van der Waals surface area contributed by atoms with Gasteiger partial charge in [0.25, 0.3) is 0 Å². The lowest BCUT2D eigenvalue weighted by Crippen LogP contribution is -2.58. The van der Waals surface area contributed by atoms with Gasteiger partial charge in [0.2, 0.25) is 5.91 Å². The summed E-state index contributed by atoms with van der Waals surface area (Å²) >= 11 is 0. The molecule has 45 heavy (non-hydrogen) atoms. The molecule has 0 bridgehead atoms. The fourth-order valence-electron chi connectivity index (χ4n) is 10.2. The number of carbonyl (C=O) groups is 2. The summed E-state index contributed by atoms with van der Waals surface area (Å²) < 4.78 is 21.7. The van der Waals surface area contributed by atoms with Crippen molar-refractivity contribution in [1.29, 1.82) is 0 Å². The van der Waals surface area contributed by atoms with Crippen molar-refractivity contribution in [3.8, 4) is 0 Å². The number of aliphatic hydroxyl groups is 2. The van der Waals surface area contributed by atoms with Crippen LogP contribution in [0.5, 0.6) is 0 Å². The molecule has 0 aliphatic heterocycles. The molecule has 10 atom stereocenters. The Morgan fingerprint density at radius 2 is 1.58 bits per heavy atom. The molecule has 0 spiro atoms. The first-order valence-electron chi connectivity index (χ1n) is 17.9. The summed E-state index contributed by atoms with van der Waals surface area (Å²) in [5, 5.41) is 26.4. The Morgan fingerprint density at radius 3 is 2.29 bits per heavy atom. The zero-order chi connectivity index (χ0) is 32.5. The first-order chi connectivity index (χ1) is 21.6. The Hall–Kier alpha value is -1.46. The molecule has 10 nitrogen and oxygen atoms in total. The Kier molecular flexibility index (Phi) is 13.8. The molecular formula is C35H62N2O8. The van der Waals surface area contributed by atoms with Crippen molar-refractivity contribution >= 4 is 12.0 Å². The molecule has 9 unspecified atom stereocenters. The molecule has 10 heteroatoms. The largest absolute Gasteiger partial charge is 0.450 e. The highest BCUT2D eigenvalue weighted by molar-refractivity contribution is 5.75. The molecule has 0 aromatic rings. The van der Waals surface area contributed by atoms with E-state index in [1.807, 2.05) is 0 Å². The lowest BCUT2D eigenvalue weighted by Gasteiger charge is -2.62. The quantitative estimate of drug-likeness (QED) is 0.173. The average molecular weight is 639 g/mol. The summed E-state index contributed by atoms with van der Waals surface area (Å²) in [5.74, 6) is 3.15. The second-order valence-corrected chi connectivity index (χ2v) is 14.8. The van der Waals surface area contributed by atoms with Crippen LogP contribution in [0.25, 0.3) is 0 Å². The Morgan fingerprint density at radius 1 is 0.889 bits per heavy atom. The third kappa shape index (κ3) is 8.92. The molecule has 4 aliphatic rings. The van der Waals surface area contributed by atoms with Gasteiger partial charge < -0.3 is 39.8 Å². The van der Waals surface area contributed by atoms with Crippen molar-refractivity contribution in [1.82, 2.24) is 10.6 Å². The van der Waals surface area contributed by atoms with E-state index in [2.05, 4.69) is 31.4 Å². The van der Waals surface area contributed by atoms with Crippen LogP contribution in [0.1, 0.15) is 91.9 Å². The first kappa shape index (κ1) is 36.4. The molecule has 2 amide bonds. The van der Waals surface area contributed by atoms with Crippen molar-refractivity contribution in [2.24, 2.45) is 46.3 Å². The second kappa shape index (κ2) is 17.1. The van der Waals surface area contributed by atoms with Crippen molar-refractivity contribution in [2.45, 2.75) is 104 Å². The molecule has 4 fully saturated rings. The van der Waals surface area contributed by atoms with Crippen LogP contribution in [0.2, 0.25) is 0 Å². The summed E-state index contributed by atoms with van der Waals surface area (Å²) in [5.41, 5.74) is 0.499. The molecule has 0 aromatic heterocycles. The van der Waals surface area contributed by atoms with Crippen LogP contribution in [0.3, 0.4) is 0 Å². The van der Waals surface area contributed by atoms with Gasteiger partial charge in [-0.05, 0) is 111 Å². The molecule has 4 aliphatic carbocycles. The molecule has 4 rings (SSSR count).